The van der Waals surface area contributed by atoms with Crippen LogP contribution < -0.4 is 0 Å². The van der Waals surface area contributed by atoms with Crippen molar-refractivity contribution in [1.29, 1.82) is 0 Å². The monoisotopic (exact) mass is 500 g/mol. The minimum absolute atomic E-state index is 0.304. The van der Waals surface area contributed by atoms with Gasteiger partial charge >= 0.3 is 0 Å². The molecule has 0 saturated heterocycles. The Kier molecular flexibility index (Phi) is 7.74. The summed E-state index contributed by atoms with van der Waals surface area (Å²) in [6.07, 6.45) is 3.85. The lowest BCUT2D eigenvalue weighted by Gasteiger charge is -2.29. The lowest BCUT2D eigenvalue weighted by atomic mass is 10.2. The van der Waals surface area contributed by atoms with Gasteiger partial charge < -0.3 is 0 Å². The number of hydrogen-bond acceptors (Lipinski definition) is 3. The fraction of sp³-hybridized carbons (Fsp3) is 0.280. The molecule has 1 saturated carbocycles. The molecule has 0 amide bonds. The highest BCUT2D eigenvalue weighted by Crippen LogP contribution is 2.55. The third-order valence-electron chi connectivity index (χ3n) is 5.19. The van der Waals surface area contributed by atoms with E-state index < -0.39 is 0 Å². The molecule has 1 unspecified atom stereocenters. The smallest absolute Gasteiger partial charge is 0.0628 e. The Morgan fingerprint density at radius 2 is 1.31 bits per heavy atom. The molecule has 4 rings (SSSR count). The Hall–Kier alpha value is -0.810. The van der Waals surface area contributed by atoms with Gasteiger partial charge in [0, 0.05) is 26.1 Å². The second-order valence-corrected chi connectivity index (χ2v) is 12.7. The minimum atomic E-state index is 0.304. The molecule has 0 nitrogen and oxygen atoms in total. The van der Waals surface area contributed by atoms with E-state index in [-0.39, 0.29) is 0 Å². The summed E-state index contributed by atoms with van der Waals surface area (Å²) in [5, 5.41) is 0.697. The average Bonchev–Trinajstić information content (AvgIpc) is 3.17. The summed E-state index contributed by atoms with van der Waals surface area (Å²) in [6.45, 7) is 0. The van der Waals surface area contributed by atoms with Crippen molar-refractivity contribution in [3.63, 3.8) is 0 Å². The van der Waals surface area contributed by atoms with Crippen molar-refractivity contribution in [3.05, 3.63) is 101 Å². The van der Waals surface area contributed by atoms with Gasteiger partial charge in [0.25, 0.3) is 0 Å². The summed E-state index contributed by atoms with van der Waals surface area (Å²) in [4.78, 5) is 1.38. The molecular weight excluding hydrogens is 476 g/mol. The van der Waals surface area contributed by atoms with Gasteiger partial charge in [0.05, 0.1) is 4.08 Å². The van der Waals surface area contributed by atoms with Crippen LogP contribution in [0, 0.1) is 0 Å². The van der Waals surface area contributed by atoms with Gasteiger partial charge in [-0.25, -0.2) is 0 Å². The van der Waals surface area contributed by atoms with Crippen LogP contribution in [0.2, 0.25) is 0 Å². The average molecular weight is 502 g/mol. The van der Waals surface area contributed by atoms with Crippen LogP contribution in [0.3, 0.4) is 0 Å². The lowest BCUT2D eigenvalue weighted by molar-refractivity contribution is 0.841. The van der Waals surface area contributed by atoms with Crippen LogP contribution in [0.4, 0.5) is 0 Å². The van der Waals surface area contributed by atoms with Crippen molar-refractivity contribution < 1.29 is 0 Å². The van der Waals surface area contributed by atoms with Gasteiger partial charge in [-0.3, -0.25) is 0 Å². The fourth-order valence-electron chi connectivity index (χ4n) is 3.62. The molecule has 1 aliphatic rings. The molecule has 1 aliphatic carbocycles. The van der Waals surface area contributed by atoms with E-state index >= 15 is 0 Å². The van der Waals surface area contributed by atoms with Gasteiger partial charge in [-0.05, 0) is 54.7 Å². The Morgan fingerprint density at radius 1 is 0.759 bits per heavy atom. The summed E-state index contributed by atoms with van der Waals surface area (Å²) in [7, 11) is 0. The van der Waals surface area contributed by atoms with Crippen molar-refractivity contribution in [2.75, 3.05) is 0 Å². The third-order valence-corrected chi connectivity index (χ3v) is 10.5. The van der Waals surface area contributed by atoms with Gasteiger partial charge in [0.15, 0.2) is 0 Å². The quantitative estimate of drug-likeness (QED) is 0.284. The first-order valence-corrected chi connectivity index (χ1v) is 13.6. The van der Waals surface area contributed by atoms with E-state index in [2.05, 4.69) is 136 Å². The Balaban J connectivity index is 1.43. The molecule has 0 radical (unpaired) electrons. The van der Waals surface area contributed by atoms with E-state index in [9.17, 15) is 0 Å². The minimum Gasteiger partial charge on any atom is -0.139 e. The number of hydrogen-bond donors (Lipinski definition) is 0. The molecule has 0 N–H and O–H groups in total. The summed E-state index contributed by atoms with van der Waals surface area (Å²) < 4.78 is 1.46. The molecular formula is C25H25BrS3. The van der Waals surface area contributed by atoms with E-state index in [0.717, 1.165) is 16.0 Å². The predicted octanol–water partition coefficient (Wildman–Crippen LogP) is 8.66. The molecule has 150 valence electrons. The van der Waals surface area contributed by atoms with Crippen LogP contribution in [0.1, 0.15) is 30.4 Å². The topological polar surface area (TPSA) is 0 Å². The molecule has 29 heavy (non-hydrogen) atoms. The molecule has 3 aromatic rings. The summed E-state index contributed by atoms with van der Waals surface area (Å²) in [5.74, 6) is 2.19. The summed E-state index contributed by atoms with van der Waals surface area (Å²) >= 11 is 9.93. The first-order chi connectivity index (χ1) is 14.2. The van der Waals surface area contributed by atoms with Crippen molar-refractivity contribution in [1.82, 2.24) is 0 Å². The van der Waals surface area contributed by atoms with Gasteiger partial charge in [0.2, 0.25) is 0 Å². The molecule has 0 aliphatic heterocycles. The Bertz CT molecular complexity index is 837. The van der Waals surface area contributed by atoms with E-state index in [1.54, 1.807) is 0 Å². The third kappa shape index (κ3) is 6.33. The zero-order valence-corrected chi connectivity index (χ0v) is 20.3. The molecule has 1 atom stereocenters. The largest absolute Gasteiger partial charge is 0.139 e. The van der Waals surface area contributed by atoms with Crippen LogP contribution >= 0.6 is 51.2 Å². The maximum absolute atomic E-state index is 3.55. The highest BCUT2D eigenvalue weighted by Gasteiger charge is 2.40. The molecule has 0 bridgehead atoms. The number of thioether (sulfide) groups is 3. The molecule has 1 fully saturated rings. The first kappa shape index (κ1) is 21.4. The highest BCUT2D eigenvalue weighted by molar-refractivity contribution is 9.10. The number of halogens is 1. The second-order valence-electron chi connectivity index (χ2n) is 7.40. The van der Waals surface area contributed by atoms with E-state index in [0.29, 0.717) is 9.33 Å². The SMILES string of the molecule is Brc1ccc(SC2CCC(SCc3ccccc3)(SCc3ccccc3)C2)cc1. The maximum atomic E-state index is 3.55. The molecule has 4 heteroatoms. The summed E-state index contributed by atoms with van der Waals surface area (Å²) in [6, 6.07) is 30.6. The van der Waals surface area contributed by atoms with Crippen LogP contribution in [0.25, 0.3) is 0 Å². The van der Waals surface area contributed by atoms with E-state index in [1.807, 2.05) is 0 Å². The van der Waals surface area contributed by atoms with Gasteiger partial charge in [-0.1, -0.05) is 76.6 Å². The van der Waals surface area contributed by atoms with Crippen molar-refractivity contribution >= 4 is 51.2 Å². The zero-order valence-electron chi connectivity index (χ0n) is 16.3. The van der Waals surface area contributed by atoms with Crippen LogP contribution in [-0.4, -0.2) is 9.33 Å². The lowest BCUT2D eigenvalue weighted by Crippen LogP contribution is -2.17. The standard InChI is InChI=1S/C25H25BrS3/c26-22-11-13-23(14-12-22)29-24-15-16-25(17-24,27-18-20-7-3-1-4-8-20)28-19-21-9-5-2-6-10-21/h1-14,24H,15-19H2. The van der Waals surface area contributed by atoms with Crippen molar-refractivity contribution in [2.45, 2.75) is 45.0 Å². The number of benzene rings is 3. The van der Waals surface area contributed by atoms with Gasteiger partial charge in [-0.2, -0.15) is 0 Å². The normalized spacial score (nSPS) is 18.0. The molecule has 3 aromatic carbocycles. The van der Waals surface area contributed by atoms with Gasteiger partial charge in [-0.15, -0.1) is 35.3 Å². The molecule has 0 heterocycles. The van der Waals surface area contributed by atoms with Crippen LogP contribution in [0.5, 0.6) is 0 Å². The van der Waals surface area contributed by atoms with Crippen molar-refractivity contribution in [2.24, 2.45) is 0 Å². The highest BCUT2D eigenvalue weighted by atomic mass is 79.9. The predicted molar refractivity (Wildman–Crippen MR) is 136 cm³/mol. The van der Waals surface area contributed by atoms with Crippen LogP contribution in [-0.2, 0) is 11.5 Å². The van der Waals surface area contributed by atoms with Gasteiger partial charge in [0.1, 0.15) is 0 Å². The van der Waals surface area contributed by atoms with E-state index in [4.69, 9.17) is 0 Å². The maximum Gasteiger partial charge on any atom is 0.0628 e. The Labute approximate surface area is 195 Å². The van der Waals surface area contributed by atoms with Crippen LogP contribution in [0.15, 0.2) is 94.3 Å². The fourth-order valence-corrected chi connectivity index (χ4v) is 8.47. The molecule has 0 spiro atoms. The first-order valence-electron chi connectivity index (χ1n) is 9.99. The van der Waals surface area contributed by atoms with Crippen molar-refractivity contribution in [3.8, 4) is 0 Å². The molecule has 0 aromatic heterocycles. The number of rotatable bonds is 8. The zero-order chi connectivity index (χ0) is 19.9. The second kappa shape index (κ2) is 10.5. The van der Waals surface area contributed by atoms with E-state index in [1.165, 1.54) is 35.3 Å². The summed E-state index contributed by atoms with van der Waals surface area (Å²) in [5.41, 5.74) is 2.86. The Morgan fingerprint density at radius 3 is 1.86 bits per heavy atom.